The number of rotatable bonds is 7. The number of aromatic nitrogens is 1. The molecule has 0 radical (unpaired) electrons. The molecule has 1 aromatic rings. The summed E-state index contributed by atoms with van der Waals surface area (Å²) >= 11 is 0. The molecule has 0 fully saturated rings. The summed E-state index contributed by atoms with van der Waals surface area (Å²) in [4.78, 5) is 6.76. The highest BCUT2D eigenvalue weighted by atomic mass is 15.1. The zero-order valence-electron chi connectivity index (χ0n) is 13.2. The van der Waals surface area contributed by atoms with Gasteiger partial charge in [0.2, 0.25) is 0 Å². The van der Waals surface area contributed by atoms with Gasteiger partial charge in [-0.2, -0.15) is 0 Å². The van der Waals surface area contributed by atoms with Crippen molar-refractivity contribution in [2.75, 3.05) is 18.0 Å². The van der Waals surface area contributed by atoms with Crippen molar-refractivity contribution in [2.24, 2.45) is 0 Å². The molecule has 1 rings (SSSR count). The minimum absolute atomic E-state index is 0.132. The van der Waals surface area contributed by atoms with Crippen LogP contribution in [0.4, 0.5) is 5.69 Å². The molecule has 0 amide bonds. The Labute approximate surface area is 118 Å². The number of nitrogens with zero attached hydrogens (tertiary/aromatic N) is 2. The van der Waals surface area contributed by atoms with Crippen molar-refractivity contribution in [1.29, 1.82) is 0 Å². The molecule has 1 aromatic heterocycles. The van der Waals surface area contributed by atoms with Gasteiger partial charge in [-0.3, -0.25) is 4.98 Å². The molecule has 108 valence electrons. The van der Waals surface area contributed by atoms with Crippen LogP contribution < -0.4 is 10.2 Å². The minimum atomic E-state index is 0.132. The van der Waals surface area contributed by atoms with Gasteiger partial charge in [-0.25, -0.2) is 0 Å². The van der Waals surface area contributed by atoms with Gasteiger partial charge in [-0.15, -0.1) is 0 Å². The fraction of sp³-hybridized carbons (Fsp3) is 0.688. The van der Waals surface area contributed by atoms with Crippen molar-refractivity contribution in [3.63, 3.8) is 0 Å². The Kier molecular flexibility index (Phi) is 6.29. The molecule has 0 atom stereocenters. The summed E-state index contributed by atoms with van der Waals surface area (Å²) in [6, 6.07) is 2.14. The minimum Gasteiger partial charge on any atom is -0.371 e. The maximum atomic E-state index is 4.28. The van der Waals surface area contributed by atoms with Gasteiger partial charge in [0.15, 0.2) is 0 Å². The molecule has 0 aromatic carbocycles. The molecule has 0 aliphatic carbocycles. The van der Waals surface area contributed by atoms with E-state index in [2.05, 4.69) is 55.9 Å². The van der Waals surface area contributed by atoms with Crippen molar-refractivity contribution in [3.05, 3.63) is 24.0 Å². The molecule has 0 unspecified atom stereocenters. The zero-order chi connectivity index (χ0) is 14.3. The number of hydrogen-bond acceptors (Lipinski definition) is 3. The van der Waals surface area contributed by atoms with E-state index < -0.39 is 0 Å². The van der Waals surface area contributed by atoms with Crippen LogP contribution >= 0.6 is 0 Å². The third kappa shape index (κ3) is 5.60. The first kappa shape index (κ1) is 16.0. The Morgan fingerprint density at radius 2 is 1.79 bits per heavy atom. The lowest BCUT2D eigenvalue weighted by molar-refractivity contribution is 0.424. The molecule has 19 heavy (non-hydrogen) atoms. The number of pyridine rings is 1. The quantitative estimate of drug-likeness (QED) is 0.814. The van der Waals surface area contributed by atoms with Crippen molar-refractivity contribution in [3.8, 4) is 0 Å². The number of anilines is 1. The Morgan fingerprint density at radius 1 is 1.16 bits per heavy atom. The van der Waals surface area contributed by atoms with Gasteiger partial charge in [0.1, 0.15) is 0 Å². The van der Waals surface area contributed by atoms with Crippen molar-refractivity contribution >= 4 is 5.69 Å². The van der Waals surface area contributed by atoms with Crippen molar-refractivity contribution in [2.45, 2.75) is 59.5 Å². The van der Waals surface area contributed by atoms with Gasteiger partial charge in [-0.1, -0.05) is 13.8 Å². The lowest BCUT2D eigenvalue weighted by Gasteiger charge is -2.28. The summed E-state index contributed by atoms with van der Waals surface area (Å²) < 4.78 is 0. The Morgan fingerprint density at radius 3 is 2.32 bits per heavy atom. The SMILES string of the molecule is CCCN(CCC)c1ccncc1CNC(C)(C)C. The van der Waals surface area contributed by atoms with Gasteiger partial charge in [0, 0.05) is 48.8 Å². The van der Waals surface area contributed by atoms with Crippen LogP contribution in [0.2, 0.25) is 0 Å². The molecule has 0 spiro atoms. The topological polar surface area (TPSA) is 28.2 Å². The second-order valence-corrected chi connectivity index (χ2v) is 6.09. The summed E-state index contributed by atoms with van der Waals surface area (Å²) in [7, 11) is 0. The Bertz CT molecular complexity index is 363. The Hall–Kier alpha value is -1.09. The second kappa shape index (κ2) is 7.49. The summed E-state index contributed by atoms with van der Waals surface area (Å²) in [5.41, 5.74) is 2.75. The summed E-state index contributed by atoms with van der Waals surface area (Å²) in [6.45, 7) is 14.1. The predicted octanol–water partition coefficient (Wildman–Crippen LogP) is 3.60. The van der Waals surface area contributed by atoms with E-state index in [1.807, 2.05) is 12.4 Å². The first-order valence-electron chi connectivity index (χ1n) is 7.40. The lowest BCUT2D eigenvalue weighted by atomic mass is 10.1. The molecule has 0 bridgehead atoms. The largest absolute Gasteiger partial charge is 0.371 e. The molecule has 0 saturated heterocycles. The van der Waals surface area contributed by atoms with E-state index in [1.165, 1.54) is 24.1 Å². The number of nitrogens with one attached hydrogen (secondary N) is 1. The van der Waals surface area contributed by atoms with E-state index in [1.54, 1.807) is 0 Å². The highest BCUT2D eigenvalue weighted by molar-refractivity contribution is 5.52. The average Bonchev–Trinajstić information content (AvgIpc) is 2.36. The first-order valence-corrected chi connectivity index (χ1v) is 7.40. The fourth-order valence-corrected chi connectivity index (χ4v) is 2.12. The van der Waals surface area contributed by atoms with Crippen molar-refractivity contribution < 1.29 is 0 Å². The molecule has 3 nitrogen and oxygen atoms in total. The van der Waals surface area contributed by atoms with Gasteiger partial charge < -0.3 is 10.2 Å². The molecular formula is C16H29N3. The van der Waals surface area contributed by atoms with Crippen LogP contribution in [0.25, 0.3) is 0 Å². The predicted molar refractivity (Wildman–Crippen MR) is 83.6 cm³/mol. The van der Waals surface area contributed by atoms with Crippen LogP contribution in [0.5, 0.6) is 0 Å². The van der Waals surface area contributed by atoms with Crippen LogP contribution in [-0.2, 0) is 6.54 Å². The maximum Gasteiger partial charge on any atom is 0.0442 e. The van der Waals surface area contributed by atoms with Crippen molar-refractivity contribution in [1.82, 2.24) is 10.3 Å². The molecule has 1 N–H and O–H groups in total. The average molecular weight is 263 g/mol. The molecule has 0 aliphatic heterocycles. The molecule has 0 aliphatic rings. The third-order valence-electron chi connectivity index (χ3n) is 3.01. The lowest BCUT2D eigenvalue weighted by Crippen LogP contribution is -2.36. The zero-order valence-corrected chi connectivity index (χ0v) is 13.2. The van der Waals surface area contributed by atoms with Crippen LogP contribution in [0.1, 0.15) is 53.0 Å². The smallest absolute Gasteiger partial charge is 0.0442 e. The van der Waals surface area contributed by atoms with E-state index in [0.717, 1.165) is 19.6 Å². The van der Waals surface area contributed by atoms with Crippen LogP contribution in [0, 0.1) is 0 Å². The summed E-state index contributed by atoms with van der Waals surface area (Å²) in [5.74, 6) is 0. The first-order chi connectivity index (χ1) is 8.98. The second-order valence-electron chi connectivity index (χ2n) is 6.09. The van der Waals surface area contributed by atoms with E-state index in [4.69, 9.17) is 0 Å². The van der Waals surface area contributed by atoms with Gasteiger partial charge in [0.05, 0.1) is 0 Å². The highest BCUT2D eigenvalue weighted by Gasteiger charge is 2.13. The van der Waals surface area contributed by atoms with Crippen LogP contribution in [-0.4, -0.2) is 23.6 Å². The summed E-state index contributed by atoms with van der Waals surface area (Å²) in [6.07, 6.45) is 6.24. The fourth-order valence-electron chi connectivity index (χ4n) is 2.12. The Balaban J connectivity index is 2.86. The number of hydrogen-bond donors (Lipinski definition) is 1. The standard InChI is InChI=1S/C16H29N3/c1-6-10-19(11-7-2)15-8-9-17-12-14(15)13-18-16(3,4)5/h8-9,12,18H,6-7,10-11,13H2,1-5H3. The van der Waals surface area contributed by atoms with E-state index in [-0.39, 0.29) is 5.54 Å². The van der Waals surface area contributed by atoms with Gasteiger partial charge >= 0.3 is 0 Å². The molecule has 3 heteroatoms. The van der Waals surface area contributed by atoms with E-state index in [9.17, 15) is 0 Å². The van der Waals surface area contributed by atoms with Crippen LogP contribution in [0.3, 0.4) is 0 Å². The maximum absolute atomic E-state index is 4.28. The van der Waals surface area contributed by atoms with Gasteiger partial charge in [-0.05, 0) is 39.7 Å². The van der Waals surface area contributed by atoms with Crippen LogP contribution in [0.15, 0.2) is 18.5 Å². The molecule has 0 saturated carbocycles. The van der Waals surface area contributed by atoms with E-state index in [0.29, 0.717) is 0 Å². The summed E-state index contributed by atoms with van der Waals surface area (Å²) in [5, 5.41) is 3.55. The third-order valence-corrected chi connectivity index (χ3v) is 3.01. The van der Waals surface area contributed by atoms with E-state index >= 15 is 0 Å². The normalized spacial score (nSPS) is 11.6. The molecule has 1 heterocycles. The monoisotopic (exact) mass is 263 g/mol. The highest BCUT2D eigenvalue weighted by Crippen LogP contribution is 2.20. The molecular weight excluding hydrogens is 234 g/mol. The van der Waals surface area contributed by atoms with Gasteiger partial charge in [0.25, 0.3) is 0 Å².